The summed E-state index contributed by atoms with van der Waals surface area (Å²) in [5.74, 6) is -0.724. The number of ether oxygens (including phenoxy) is 1. The number of anilines is 1. The van der Waals surface area contributed by atoms with Gasteiger partial charge in [0, 0.05) is 16.6 Å². The highest BCUT2D eigenvalue weighted by atomic mass is 32.1. The summed E-state index contributed by atoms with van der Waals surface area (Å²) in [6.45, 7) is 5.65. The van der Waals surface area contributed by atoms with Crippen LogP contribution in [0.2, 0.25) is 0 Å². The number of hydrogen-bond acceptors (Lipinski definition) is 6. The van der Waals surface area contributed by atoms with Crippen molar-refractivity contribution in [1.82, 2.24) is 9.97 Å². The molecule has 0 aliphatic carbocycles. The molecule has 0 fully saturated rings. The van der Waals surface area contributed by atoms with Crippen molar-refractivity contribution in [2.24, 2.45) is 0 Å². The van der Waals surface area contributed by atoms with E-state index in [0.717, 1.165) is 27.9 Å². The molecular formula is C18H17N3O3S. The third-order valence-corrected chi connectivity index (χ3v) is 4.62. The van der Waals surface area contributed by atoms with E-state index in [4.69, 9.17) is 4.74 Å². The second-order valence-electron chi connectivity index (χ2n) is 5.47. The molecule has 0 saturated heterocycles. The van der Waals surface area contributed by atoms with Gasteiger partial charge in [0.2, 0.25) is 0 Å². The number of nitrogens with one attached hydrogen (secondary N) is 1. The van der Waals surface area contributed by atoms with Crippen LogP contribution in [0.1, 0.15) is 38.3 Å². The topological polar surface area (TPSA) is 81.2 Å². The molecule has 2 aromatic heterocycles. The largest absolute Gasteiger partial charge is 0.462 e. The molecule has 6 nitrogen and oxygen atoms in total. The predicted octanol–water partition coefficient (Wildman–Crippen LogP) is 3.74. The third-order valence-electron chi connectivity index (χ3n) is 3.57. The molecule has 0 unspecified atom stereocenters. The monoisotopic (exact) mass is 355 g/mol. The van der Waals surface area contributed by atoms with E-state index in [2.05, 4.69) is 15.3 Å². The number of hydrogen-bond donors (Lipinski definition) is 1. The number of esters is 1. The van der Waals surface area contributed by atoms with Crippen LogP contribution in [0.25, 0.3) is 10.9 Å². The summed E-state index contributed by atoms with van der Waals surface area (Å²) in [5, 5.41) is 4.06. The Bertz CT molecular complexity index is 965. The zero-order valence-corrected chi connectivity index (χ0v) is 14.9. The lowest BCUT2D eigenvalue weighted by Gasteiger charge is -2.04. The molecule has 3 aromatic rings. The first-order valence-electron chi connectivity index (χ1n) is 7.81. The summed E-state index contributed by atoms with van der Waals surface area (Å²) in [4.78, 5) is 33.4. The molecule has 0 aliphatic rings. The quantitative estimate of drug-likeness (QED) is 0.721. The van der Waals surface area contributed by atoms with Crippen molar-refractivity contribution >= 4 is 39.2 Å². The molecule has 7 heteroatoms. The first kappa shape index (κ1) is 17.0. The highest BCUT2D eigenvalue weighted by molar-refractivity contribution is 7.17. The van der Waals surface area contributed by atoms with Crippen molar-refractivity contribution in [1.29, 1.82) is 0 Å². The van der Waals surface area contributed by atoms with Gasteiger partial charge in [-0.25, -0.2) is 9.78 Å². The SMILES string of the molecule is CCOC(=O)c1sc(NC(=O)c2ccc3ccc(C)nc3c2)nc1C. The summed E-state index contributed by atoms with van der Waals surface area (Å²) in [6.07, 6.45) is 0. The predicted molar refractivity (Wildman–Crippen MR) is 97.2 cm³/mol. The maximum atomic E-state index is 12.5. The van der Waals surface area contributed by atoms with E-state index in [1.165, 1.54) is 0 Å². The van der Waals surface area contributed by atoms with Crippen LogP contribution in [-0.4, -0.2) is 28.5 Å². The lowest BCUT2D eigenvalue weighted by atomic mass is 10.1. The Kier molecular flexibility index (Phi) is 4.76. The van der Waals surface area contributed by atoms with Gasteiger partial charge in [0.25, 0.3) is 5.91 Å². The summed E-state index contributed by atoms with van der Waals surface area (Å²) in [5.41, 5.74) is 2.67. The van der Waals surface area contributed by atoms with Crippen LogP contribution in [0, 0.1) is 13.8 Å². The number of nitrogens with zero attached hydrogens (tertiary/aromatic N) is 2. The van der Waals surface area contributed by atoms with Crippen molar-refractivity contribution in [3.63, 3.8) is 0 Å². The molecule has 0 saturated carbocycles. The zero-order chi connectivity index (χ0) is 18.0. The van der Waals surface area contributed by atoms with Gasteiger partial charge in [-0.15, -0.1) is 0 Å². The number of pyridine rings is 1. The van der Waals surface area contributed by atoms with Crippen molar-refractivity contribution in [2.75, 3.05) is 11.9 Å². The van der Waals surface area contributed by atoms with E-state index in [1.54, 1.807) is 26.0 Å². The summed E-state index contributed by atoms with van der Waals surface area (Å²) in [6, 6.07) is 9.23. The number of fused-ring (bicyclic) bond motifs is 1. The van der Waals surface area contributed by atoms with E-state index in [9.17, 15) is 9.59 Å². The number of aryl methyl sites for hydroxylation is 2. The van der Waals surface area contributed by atoms with Gasteiger partial charge in [0.1, 0.15) is 4.88 Å². The Morgan fingerprint density at radius 1 is 1.16 bits per heavy atom. The Hall–Kier alpha value is -2.80. The molecule has 0 spiro atoms. The van der Waals surface area contributed by atoms with E-state index >= 15 is 0 Å². The van der Waals surface area contributed by atoms with Gasteiger partial charge in [-0.2, -0.15) is 0 Å². The fraction of sp³-hybridized carbons (Fsp3) is 0.222. The highest BCUT2D eigenvalue weighted by Crippen LogP contribution is 2.24. The van der Waals surface area contributed by atoms with Crippen molar-refractivity contribution in [3.05, 3.63) is 52.2 Å². The average Bonchev–Trinajstić information content (AvgIpc) is 2.94. The van der Waals surface area contributed by atoms with Crippen LogP contribution in [-0.2, 0) is 4.74 Å². The number of amides is 1. The van der Waals surface area contributed by atoms with Gasteiger partial charge in [0.15, 0.2) is 5.13 Å². The van der Waals surface area contributed by atoms with Crippen molar-refractivity contribution in [2.45, 2.75) is 20.8 Å². The average molecular weight is 355 g/mol. The minimum absolute atomic E-state index is 0.293. The number of benzene rings is 1. The minimum Gasteiger partial charge on any atom is -0.462 e. The summed E-state index contributed by atoms with van der Waals surface area (Å²) >= 11 is 1.10. The van der Waals surface area contributed by atoms with Gasteiger partial charge < -0.3 is 4.74 Å². The summed E-state index contributed by atoms with van der Waals surface area (Å²) in [7, 11) is 0. The van der Waals surface area contributed by atoms with Crippen molar-refractivity contribution < 1.29 is 14.3 Å². The molecule has 0 atom stereocenters. The number of rotatable bonds is 4. The molecule has 0 radical (unpaired) electrons. The van der Waals surface area contributed by atoms with Crippen LogP contribution in [0.3, 0.4) is 0 Å². The van der Waals surface area contributed by atoms with Crippen LogP contribution < -0.4 is 5.32 Å². The van der Waals surface area contributed by atoms with Crippen LogP contribution in [0.4, 0.5) is 5.13 Å². The van der Waals surface area contributed by atoms with Gasteiger partial charge in [-0.05, 0) is 39.0 Å². The molecular weight excluding hydrogens is 338 g/mol. The molecule has 3 rings (SSSR count). The second kappa shape index (κ2) is 6.98. The molecule has 25 heavy (non-hydrogen) atoms. The maximum absolute atomic E-state index is 12.5. The van der Waals surface area contributed by atoms with E-state index in [1.807, 2.05) is 25.1 Å². The smallest absolute Gasteiger partial charge is 0.350 e. The molecule has 128 valence electrons. The molecule has 1 N–H and O–H groups in total. The van der Waals surface area contributed by atoms with Gasteiger partial charge in [-0.1, -0.05) is 23.5 Å². The van der Waals surface area contributed by atoms with Gasteiger partial charge >= 0.3 is 5.97 Å². The number of thiazole rings is 1. The van der Waals surface area contributed by atoms with Crippen molar-refractivity contribution in [3.8, 4) is 0 Å². The maximum Gasteiger partial charge on any atom is 0.350 e. The summed E-state index contributed by atoms with van der Waals surface area (Å²) < 4.78 is 4.98. The van der Waals surface area contributed by atoms with E-state index < -0.39 is 5.97 Å². The van der Waals surface area contributed by atoms with E-state index in [-0.39, 0.29) is 5.91 Å². The van der Waals surface area contributed by atoms with Crippen LogP contribution in [0.15, 0.2) is 30.3 Å². The molecule has 1 aromatic carbocycles. The molecule has 0 aliphatic heterocycles. The third kappa shape index (κ3) is 3.66. The molecule has 0 bridgehead atoms. The highest BCUT2D eigenvalue weighted by Gasteiger charge is 2.18. The molecule has 2 heterocycles. The Balaban J connectivity index is 1.82. The minimum atomic E-state index is -0.427. The van der Waals surface area contributed by atoms with Crippen LogP contribution in [0.5, 0.6) is 0 Å². The second-order valence-corrected chi connectivity index (χ2v) is 6.47. The number of carbonyl (C=O) groups is 2. The standard InChI is InChI=1S/C18H17N3O3S/c1-4-24-17(23)15-11(3)20-18(25-15)21-16(22)13-8-7-12-6-5-10(2)19-14(12)9-13/h5-9H,4H2,1-3H3,(H,20,21,22). The first-order valence-corrected chi connectivity index (χ1v) is 8.63. The lowest BCUT2D eigenvalue weighted by Crippen LogP contribution is -2.11. The first-order chi connectivity index (χ1) is 12.0. The molecule has 1 amide bonds. The fourth-order valence-corrected chi connectivity index (χ4v) is 3.22. The Labute approximate surface area is 148 Å². The Morgan fingerprint density at radius 3 is 2.68 bits per heavy atom. The Morgan fingerprint density at radius 2 is 1.92 bits per heavy atom. The fourth-order valence-electron chi connectivity index (χ4n) is 2.37. The van der Waals surface area contributed by atoms with E-state index in [0.29, 0.717) is 27.9 Å². The lowest BCUT2D eigenvalue weighted by molar-refractivity contribution is 0.0531. The number of aromatic nitrogens is 2. The van der Waals surface area contributed by atoms with Gasteiger partial charge in [-0.3, -0.25) is 15.1 Å². The number of carbonyl (C=O) groups excluding carboxylic acids is 2. The van der Waals surface area contributed by atoms with Crippen LogP contribution >= 0.6 is 11.3 Å². The van der Waals surface area contributed by atoms with Gasteiger partial charge in [0.05, 0.1) is 17.8 Å². The normalized spacial score (nSPS) is 10.7. The zero-order valence-electron chi connectivity index (χ0n) is 14.1.